The van der Waals surface area contributed by atoms with Gasteiger partial charge in [-0.25, -0.2) is 8.42 Å². The predicted molar refractivity (Wildman–Crippen MR) is 170 cm³/mol. The highest BCUT2D eigenvalue weighted by molar-refractivity contribution is 7.92. The average molecular weight is 655 g/mol. The van der Waals surface area contributed by atoms with Crippen LogP contribution in [0, 0.1) is 22.7 Å². The first-order chi connectivity index (χ1) is 20.8. The number of nitrogens with zero attached hydrogens (tertiary/aromatic N) is 3. The van der Waals surface area contributed by atoms with Crippen molar-refractivity contribution in [2.45, 2.75) is 50.6 Å². The average Bonchev–Trinajstić information content (AvgIpc) is 3.80. The van der Waals surface area contributed by atoms with Crippen molar-refractivity contribution in [3.05, 3.63) is 99.5 Å². The molecule has 1 saturated heterocycles. The zero-order valence-electron chi connectivity index (χ0n) is 24.4. The van der Waals surface area contributed by atoms with E-state index in [0.717, 1.165) is 30.2 Å². The summed E-state index contributed by atoms with van der Waals surface area (Å²) >= 11 is 12.7. The minimum Gasteiger partial charge on any atom is -0.481 e. The Labute approximate surface area is 267 Å². The van der Waals surface area contributed by atoms with Crippen LogP contribution >= 0.6 is 23.2 Å². The number of hydrogen-bond acceptors (Lipinski definition) is 5. The molecule has 1 saturated carbocycles. The Morgan fingerprint density at radius 3 is 2.34 bits per heavy atom. The molecule has 1 aliphatic heterocycles. The van der Waals surface area contributed by atoms with Gasteiger partial charge in [0.05, 0.1) is 48.0 Å². The SMILES string of the molecule is CC1(CC(=O)O)CC(c2cccc(Cl)c2)C(c2ccc(Cl)cc2)N(C(CN(c2ccccc2C#N)S(C)(=O)=O)C2CC2)C1=O. The zero-order valence-corrected chi connectivity index (χ0v) is 26.7. The minimum atomic E-state index is -3.90. The van der Waals surface area contributed by atoms with Crippen LogP contribution in [0.2, 0.25) is 10.0 Å². The molecule has 1 N–H and O–H groups in total. The number of anilines is 1. The number of carboxylic acids is 1. The summed E-state index contributed by atoms with van der Waals surface area (Å²) in [5.74, 6) is -1.84. The van der Waals surface area contributed by atoms with E-state index in [1.165, 1.54) is 4.31 Å². The highest BCUT2D eigenvalue weighted by atomic mass is 35.5. The summed E-state index contributed by atoms with van der Waals surface area (Å²) in [4.78, 5) is 28.6. The molecule has 3 aromatic rings. The Bertz CT molecular complexity index is 1720. The van der Waals surface area contributed by atoms with E-state index in [1.54, 1.807) is 54.3 Å². The first-order valence-corrected chi connectivity index (χ1v) is 16.9. The molecule has 2 aliphatic rings. The Morgan fingerprint density at radius 1 is 1.07 bits per heavy atom. The van der Waals surface area contributed by atoms with Crippen LogP contribution in [0.5, 0.6) is 0 Å². The maximum Gasteiger partial charge on any atom is 0.304 e. The Morgan fingerprint density at radius 2 is 1.75 bits per heavy atom. The van der Waals surface area contributed by atoms with E-state index < -0.39 is 39.9 Å². The van der Waals surface area contributed by atoms with E-state index in [9.17, 15) is 28.4 Å². The van der Waals surface area contributed by atoms with Crippen LogP contribution in [-0.2, 0) is 19.6 Å². The lowest BCUT2D eigenvalue weighted by atomic mass is 9.67. The number of sulfonamides is 1. The van der Waals surface area contributed by atoms with Crippen LogP contribution in [-0.4, -0.2) is 49.1 Å². The topological polar surface area (TPSA) is 119 Å². The lowest BCUT2D eigenvalue weighted by molar-refractivity contribution is -0.160. The summed E-state index contributed by atoms with van der Waals surface area (Å²) < 4.78 is 27.9. The van der Waals surface area contributed by atoms with Gasteiger partial charge >= 0.3 is 5.97 Å². The molecular formula is C33H33Cl2N3O5S. The number of aliphatic carboxylic acids is 1. The summed E-state index contributed by atoms with van der Waals surface area (Å²) in [5.41, 5.74) is 0.777. The van der Waals surface area contributed by atoms with Crippen molar-refractivity contribution in [1.29, 1.82) is 5.26 Å². The zero-order chi connectivity index (χ0) is 31.8. The molecule has 1 amide bonds. The third kappa shape index (κ3) is 6.58. The van der Waals surface area contributed by atoms with Crippen molar-refractivity contribution in [3.63, 3.8) is 0 Å². The molecule has 5 rings (SSSR count). The van der Waals surface area contributed by atoms with Crippen molar-refractivity contribution < 1.29 is 23.1 Å². The highest BCUT2D eigenvalue weighted by Crippen LogP contribution is 2.54. The van der Waals surface area contributed by atoms with E-state index in [4.69, 9.17) is 23.2 Å². The number of hydrogen-bond donors (Lipinski definition) is 1. The Balaban J connectivity index is 1.72. The van der Waals surface area contributed by atoms with Gasteiger partial charge in [0.15, 0.2) is 0 Å². The second kappa shape index (κ2) is 12.4. The number of benzene rings is 3. The molecule has 0 radical (unpaired) electrons. The van der Waals surface area contributed by atoms with E-state index in [2.05, 4.69) is 6.07 Å². The third-order valence-electron chi connectivity index (χ3n) is 8.70. The summed E-state index contributed by atoms with van der Waals surface area (Å²) in [7, 11) is -3.90. The monoisotopic (exact) mass is 653 g/mol. The van der Waals surface area contributed by atoms with Crippen molar-refractivity contribution in [1.82, 2.24) is 4.90 Å². The smallest absolute Gasteiger partial charge is 0.304 e. The molecule has 4 unspecified atom stereocenters. The summed E-state index contributed by atoms with van der Waals surface area (Å²) in [6.45, 7) is 1.58. The van der Waals surface area contributed by atoms with Crippen LogP contribution in [0.25, 0.3) is 0 Å². The van der Waals surface area contributed by atoms with Crippen molar-refractivity contribution >= 4 is 50.8 Å². The molecule has 8 nitrogen and oxygen atoms in total. The van der Waals surface area contributed by atoms with Gasteiger partial charge in [0.2, 0.25) is 15.9 Å². The van der Waals surface area contributed by atoms with Gasteiger partial charge in [-0.05, 0) is 72.7 Å². The van der Waals surface area contributed by atoms with Crippen LogP contribution < -0.4 is 4.31 Å². The molecule has 0 bridgehead atoms. The number of likely N-dealkylation sites (tertiary alicyclic amines) is 1. The molecule has 230 valence electrons. The van der Waals surface area contributed by atoms with Crippen LogP contribution in [0.4, 0.5) is 5.69 Å². The van der Waals surface area contributed by atoms with E-state index >= 15 is 0 Å². The lowest BCUT2D eigenvalue weighted by Crippen LogP contribution is -2.59. The van der Waals surface area contributed by atoms with Crippen molar-refractivity contribution in [2.75, 3.05) is 17.1 Å². The van der Waals surface area contributed by atoms with Crippen molar-refractivity contribution in [3.8, 4) is 6.07 Å². The van der Waals surface area contributed by atoms with Crippen LogP contribution in [0.3, 0.4) is 0 Å². The minimum absolute atomic E-state index is 0.0283. The van der Waals surface area contributed by atoms with Gasteiger partial charge in [-0.1, -0.05) is 66.5 Å². The molecule has 0 spiro atoms. The molecule has 0 aromatic heterocycles. The number of carbonyl (C=O) groups is 2. The van der Waals surface area contributed by atoms with E-state index in [-0.39, 0.29) is 42.0 Å². The molecule has 4 atom stereocenters. The fourth-order valence-corrected chi connectivity index (χ4v) is 7.82. The second-order valence-corrected chi connectivity index (χ2v) is 14.8. The van der Waals surface area contributed by atoms with Gasteiger partial charge in [0.25, 0.3) is 0 Å². The number of carboxylic acid groups (broad SMARTS) is 1. The summed E-state index contributed by atoms with van der Waals surface area (Å²) in [6, 6.07) is 21.9. The molecule has 1 heterocycles. The van der Waals surface area contributed by atoms with Gasteiger partial charge in [-0.3, -0.25) is 13.9 Å². The first-order valence-electron chi connectivity index (χ1n) is 14.3. The van der Waals surface area contributed by atoms with Gasteiger partial charge in [-0.2, -0.15) is 5.26 Å². The largest absolute Gasteiger partial charge is 0.481 e. The van der Waals surface area contributed by atoms with E-state index in [0.29, 0.717) is 10.0 Å². The Hall–Kier alpha value is -3.58. The molecule has 2 fully saturated rings. The number of piperidine rings is 1. The van der Waals surface area contributed by atoms with Gasteiger partial charge in [0.1, 0.15) is 6.07 Å². The first kappa shape index (κ1) is 31.8. The fourth-order valence-electron chi connectivity index (χ4n) is 6.56. The molecular weight excluding hydrogens is 621 g/mol. The summed E-state index contributed by atoms with van der Waals surface area (Å²) in [6.07, 6.45) is 2.49. The van der Waals surface area contributed by atoms with Gasteiger partial charge in [-0.15, -0.1) is 0 Å². The quantitative estimate of drug-likeness (QED) is 0.262. The molecule has 3 aromatic carbocycles. The number of para-hydroxylation sites is 1. The maximum atomic E-state index is 14.7. The van der Waals surface area contributed by atoms with Gasteiger partial charge in [0, 0.05) is 16.0 Å². The standard InChI is InChI=1S/C33H33Cl2N3O5S/c1-33(18-30(39)40)17-27(23-7-5-8-26(35)16-23)31(22-12-14-25(34)15-13-22)38(32(33)41)29(21-10-11-21)20-37(44(2,42)43)28-9-4-3-6-24(28)19-36/h3-9,12-16,21,27,29,31H,10-11,17-18,20H2,1-2H3,(H,39,40). The summed E-state index contributed by atoms with van der Waals surface area (Å²) in [5, 5.41) is 20.8. The van der Waals surface area contributed by atoms with Crippen molar-refractivity contribution in [2.24, 2.45) is 11.3 Å². The fraction of sp³-hybridized carbons (Fsp3) is 0.364. The van der Waals surface area contributed by atoms with Crippen LogP contribution in [0.15, 0.2) is 72.8 Å². The number of carbonyl (C=O) groups excluding carboxylic acids is 1. The normalized spacial score (nSPS) is 22.7. The number of rotatable bonds is 10. The molecule has 11 heteroatoms. The second-order valence-electron chi connectivity index (χ2n) is 12.0. The number of amides is 1. The maximum absolute atomic E-state index is 14.7. The third-order valence-corrected chi connectivity index (χ3v) is 10.3. The lowest BCUT2D eigenvalue weighted by Gasteiger charge is -2.52. The highest BCUT2D eigenvalue weighted by Gasteiger charge is 2.55. The number of halogens is 2. The predicted octanol–water partition coefficient (Wildman–Crippen LogP) is 6.65. The molecule has 1 aliphatic carbocycles. The van der Waals surface area contributed by atoms with Gasteiger partial charge < -0.3 is 10.0 Å². The Kier molecular flexibility index (Phi) is 8.99. The van der Waals surface area contributed by atoms with E-state index in [1.807, 2.05) is 30.3 Å². The van der Waals surface area contributed by atoms with Crippen LogP contribution in [0.1, 0.15) is 61.3 Å². The number of nitriles is 1. The molecule has 44 heavy (non-hydrogen) atoms.